The first-order chi connectivity index (χ1) is 12.0. The topological polar surface area (TPSA) is 29.3 Å². The lowest BCUT2D eigenvalue weighted by molar-refractivity contribution is -0.263. The molecule has 2 bridgehead atoms. The number of nitrogens with zero attached hydrogens (tertiary/aromatic N) is 1. The number of benzene rings is 1. The lowest BCUT2D eigenvalue weighted by Crippen LogP contribution is -2.75. The maximum absolute atomic E-state index is 6.14. The molecule has 4 aliphatic carbocycles. The van der Waals surface area contributed by atoms with Gasteiger partial charge in [0.05, 0.1) is 0 Å². The van der Waals surface area contributed by atoms with Gasteiger partial charge in [-0.25, -0.2) is 0 Å². The number of fused-ring (bicyclic) bond motifs is 1. The summed E-state index contributed by atoms with van der Waals surface area (Å²) >= 11 is 0. The first-order valence-corrected chi connectivity index (χ1v) is 10.5. The van der Waals surface area contributed by atoms with Crippen LogP contribution in [0.4, 0.5) is 0 Å². The Morgan fingerprint density at radius 1 is 1.04 bits per heavy atom. The van der Waals surface area contributed by atoms with Crippen LogP contribution in [0.1, 0.15) is 57.4 Å². The highest BCUT2D eigenvalue weighted by atomic mass is 15.2. The first-order valence-electron chi connectivity index (χ1n) is 10.5. The lowest BCUT2D eigenvalue weighted by Gasteiger charge is -2.79. The largest absolute Gasteiger partial charge is 0.328 e. The van der Waals surface area contributed by atoms with Crippen LogP contribution in [0.5, 0.6) is 0 Å². The number of rotatable bonds is 3. The molecule has 25 heavy (non-hydrogen) atoms. The Morgan fingerprint density at radius 3 is 2.52 bits per heavy atom. The van der Waals surface area contributed by atoms with E-state index in [1.807, 2.05) is 0 Å². The Hall–Kier alpha value is -0.860. The van der Waals surface area contributed by atoms with Crippen molar-refractivity contribution in [3.63, 3.8) is 0 Å². The number of piperidine rings is 1. The molecule has 1 heterocycles. The van der Waals surface area contributed by atoms with Gasteiger partial charge in [-0.05, 0) is 85.8 Å². The second-order valence-corrected chi connectivity index (χ2v) is 10.7. The second kappa shape index (κ2) is 4.51. The molecule has 1 spiro atoms. The molecule has 0 aromatic heterocycles. The van der Waals surface area contributed by atoms with Crippen molar-refractivity contribution in [1.29, 1.82) is 0 Å². The van der Waals surface area contributed by atoms with E-state index in [2.05, 4.69) is 42.2 Å². The monoisotopic (exact) mass is 336 g/mol. The standard InChI is InChI=1S/C23H32N2/c1-20-13-21(16-25-9-7-19(24)8-10-25)11-18-12-22(14-20,23(18,20)15-21)17-5-3-2-4-6-17/h2-6,18-19H,7-16,24H2,1H3/t18?,20-,21?,22-,23?/m1/s1. The van der Waals surface area contributed by atoms with Gasteiger partial charge in [-0.15, -0.1) is 0 Å². The van der Waals surface area contributed by atoms with Crippen molar-refractivity contribution < 1.29 is 0 Å². The summed E-state index contributed by atoms with van der Waals surface area (Å²) in [7, 11) is 0. The van der Waals surface area contributed by atoms with Gasteiger partial charge < -0.3 is 10.6 Å². The predicted molar refractivity (Wildman–Crippen MR) is 101 cm³/mol. The van der Waals surface area contributed by atoms with E-state index in [1.165, 1.54) is 64.6 Å². The zero-order valence-corrected chi connectivity index (χ0v) is 15.6. The van der Waals surface area contributed by atoms with Crippen LogP contribution >= 0.6 is 0 Å². The summed E-state index contributed by atoms with van der Waals surface area (Å²) in [5.41, 5.74) is 10.2. The average molecular weight is 337 g/mol. The van der Waals surface area contributed by atoms with Crippen molar-refractivity contribution in [2.75, 3.05) is 19.6 Å². The molecule has 5 fully saturated rings. The summed E-state index contributed by atoms with van der Waals surface area (Å²) in [5.74, 6) is 1.01. The molecule has 2 heteroatoms. The third-order valence-electron chi connectivity index (χ3n) is 9.53. The molecule has 6 rings (SSSR count). The van der Waals surface area contributed by atoms with E-state index in [0.717, 1.165) is 5.92 Å². The van der Waals surface area contributed by atoms with E-state index >= 15 is 0 Å². The molecule has 1 saturated heterocycles. The third-order valence-corrected chi connectivity index (χ3v) is 9.53. The smallest absolute Gasteiger partial charge is 0.00631 e. The van der Waals surface area contributed by atoms with Crippen LogP contribution < -0.4 is 5.73 Å². The summed E-state index contributed by atoms with van der Waals surface area (Å²) < 4.78 is 0. The Kier molecular flexibility index (Phi) is 2.75. The van der Waals surface area contributed by atoms with Gasteiger partial charge in [0.25, 0.3) is 0 Å². The van der Waals surface area contributed by atoms with Crippen molar-refractivity contribution in [2.45, 2.75) is 63.3 Å². The van der Waals surface area contributed by atoms with Gasteiger partial charge in [0, 0.05) is 18.0 Å². The summed E-state index contributed by atoms with van der Waals surface area (Å²) in [6, 6.07) is 12.0. The summed E-state index contributed by atoms with van der Waals surface area (Å²) in [5, 5.41) is 0. The van der Waals surface area contributed by atoms with Crippen molar-refractivity contribution in [3.8, 4) is 0 Å². The molecular weight excluding hydrogens is 304 g/mol. The Bertz CT molecular complexity index is 708. The van der Waals surface area contributed by atoms with E-state index in [9.17, 15) is 0 Å². The highest BCUT2D eigenvalue weighted by Crippen LogP contribution is 2.93. The highest BCUT2D eigenvalue weighted by Gasteiger charge is 2.88. The Balaban J connectivity index is 1.30. The third kappa shape index (κ3) is 1.61. The summed E-state index contributed by atoms with van der Waals surface area (Å²) in [6.45, 7) is 6.48. The molecule has 5 aliphatic rings. The molecule has 1 aromatic rings. The maximum Gasteiger partial charge on any atom is 0.00631 e. The summed E-state index contributed by atoms with van der Waals surface area (Å²) in [6.07, 6.45) is 9.85. The number of hydrogen-bond donors (Lipinski definition) is 1. The van der Waals surface area contributed by atoms with Crippen molar-refractivity contribution >= 4 is 0 Å². The molecular formula is C23H32N2. The van der Waals surface area contributed by atoms with Gasteiger partial charge in [-0.2, -0.15) is 0 Å². The number of hydrogen-bond acceptors (Lipinski definition) is 2. The van der Waals surface area contributed by atoms with Crippen molar-refractivity contribution in [2.24, 2.45) is 27.9 Å². The fourth-order valence-corrected chi connectivity index (χ4v) is 9.19. The fraction of sp³-hybridized carbons (Fsp3) is 0.739. The van der Waals surface area contributed by atoms with E-state index in [1.54, 1.807) is 5.56 Å². The lowest BCUT2D eigenvalue weighted by atomic mass is 9.24. The highest BCUT2D eigenvalue weighted by molar-refractivity contribution is 5.48. The van der Waals surface area contributed by atoms with Crippen LogP contribution in [0, 0.1) is 22.2 Å². The molecule has 3 unspecified atom stereocenters. The second-order valence-electron chi connectivity index (χ2n) is 10.7. The van der Waals surface area contributed by atoms with Gasteiger partial charge in [0.2, 0.25) is 0 Å². The van der Waals surface area contributed by atoms with Crippen molar-refractivity contribution in [1.82, 2.24) is 4.90 Å². The van der Waals surface area contributed by atoms with E-state index in [-0.39, 0.29) is 0 Å². The SMILES string of the molecule is C[C@@]12CC3(CN4CCC(N)CC4)CC4C[C@](c5ccccc5)(C1)C42C3. The van der Waals surface area contributed by atoms with Crippen LogP contribution in [0.3, 0.4) is 0 Å². The van der Waals surface area contributed by atoms with Crippen LogP contribution in [-0.4, -0.2) is 30.6 Å². The van der Waals surface area contributed by atoms with Gasteiger partial charge in [0.1, 0.15) is 0 Å². The van der Waals surface area contributed by atoms with Crippen LogP contribution in [0.15, 0.2) is 30.3 Å². The molecule has 0 amide bonds. The number of likely N-dealkylation sites (tertiary alicyclic amines) is 1. The normalized spacial score (nSPS) is 51.0. The van der Waals surface area contributed by atoms with Crippen LogP contribution in [0.25, 0.3) is 0 Å². The molecule has 4 saturated carbocycles. The Labute approximate surface area is 152 Å². The van der Waals surface area contributed by atoms with Gasteiger partial charge >= 0.3 is 0 Å². The maximum atomic E-state index is 6.14. The van der Waals surface area contributed by atoms with Gasteiger partial charge in [0.15, 0.2) is 0 Å². The average Bonchev–Trinajstić information content (AvgIpc) is 3.01. The van der Waals surface area contributed by atoms with Crippen LogP contribution in [0.2, 0.25) is 0 Å². The molecule has 5 atom stereocenters. The minimum atomic E-state index is 0.454. The van der Waals surface area contributed by atoms with Crippen LogP contribution in [-0.2, 0) is 5.41 Å². The predicted octanol–water partition coefficient (Wildman–Crippen LogP) is 3.95. The molecule has 0 radical (unpaired) electrons. The molecule has 1 aromatic carbocycles. The quantitative estimate of drug-likeness (QED) is 0.905. The first kappa shape index (κ1) is 15.2. The molecule has 1 aliphatic heterocycles. The van der Waals surface area contributed by atoms with Crippen molar-refractivity contribution in [3.05, 3.63) is 35.9 Å². The minimum Gasteiger partial charge on any atom is -0.328 e. The summed E-state index contributed by atoms with van der Waals surface area (Å²) in [4.78, 5) is 2.77. The molecule has 2 N–H and O–H groups in total. The zero-order valence-electron chi connectivity index (χ0n) is 15.6. The molecule has 2 nitrogen and oxygen atoms in total. The zero-order chi connectivity index (χ0) is 16.9. The number of nitrogens with two attached hydrogens (primary N) is 1. The van der Waals surface area contributed by atoms with E-state index in [4.69, 9.17) is 5.73 Å². The van der Waals surface area contributed by atoms with Gasteiger partial charge in [-0.1, -0.05) is 37.3 Å². The minimum absolute atomic E-state index is 0.454. The van der Waals surface area contributed by atoms with E-state index < -0.39 is 0 Å². The molecule has 134 valence electrons. The Morgan fingerprint density at radius 2 is 1.80 bits per heavy atom. The van der Waals surface area contributed by atoms with Gasteiger partial charge in [-0.3, -0.25) is 0 Å². The van der Waals surface area contributed by atoms with E-state index in [0.29, 0.717) is 27.7 Å². The fourth-order valence-electron chi connectivity index (χ4n) is 9.19.